The standard InChI is InChI=1S/C14H16F3NO3/c1-2-3-4-12(14(20)21)18-13(19)6-8-5-10(16)11(17)7-9(8)15/h5,7,12H,2-4,6H2,1H3,(H,18,19)(H,20,21). The maximum Gasteiger partial charge on any atom is 0.326 e. The van der Waals surface area contributed by atoms with Crippen LogP contribution in [0.3, 0.4) is 0 Å². The lowest BCUT2D eigenvalue weighted by atomic mass is 10.1. The topological polar surface area (TPSA) is 66.4 Å². The Morgan fingerprint density at radius 1 is 1.19 bits per heavy atom. The molecule has 0 bridgehead atoms. The first-order valence-corrected chi connectivity index (χ1v) is 6.50. The number of carboxylic acids is 1. The number of rotatable bonds is 7. The predicted octanol–water partition coefficient (Wildman–Crippen LogP) is 2.41. The number of hydrogen-bond donors (Lipinski definition) is 2. The molecule has 0 aromatic heterocycles. The van der Waals surface area contributed by atoms with E-state index in [1.807, 2.05) is 6.92 Å². The van der Waals surface area contributed by atoms with Crippen molar-refractivity contribution in [2.75, 3.05) is 0 Å². The van der Waals surface area contributed by atoms with Gasteiger partial charge in [0.1, 0.15) is 11.9 Å². The molecule has 116 valence electrons. The Hall–Kier alpha value is -2.05. The summed E-state index contributed by atoms with van der Waals surface area (Å²) in [5.41, 5.74) is -0.328. The van der Waals surface area contributed by atoms with Gasteiger partial charge in [0.2, 0.25) is 5.91 Å². The van der Waals surface area contributed by atoms with E-state index in [4.69, 9.17) is 5.11 Å². The maximum absolute atomic E-state index is 13.4. The van der Waals surface area contributed by atoms with E-state index in [-0.39, 0.29) is 12.0 Å². The lowest BCUT2D eigenvalue weighted by Gasteiger charge is -2.14. The number of hydrogen-bond acceptors (Lipinski definition) is 2. The minimum absolute atomic E-state index is 0.248. The van der Waals surface area contributed by atoms with E-state index in [9.17, 15) is 22.8 Å². The number of benzene rings is 1. The van der Waals surface area contributed by atoms with Crippen LogP contribution in [0.4, 0.5) is 13.2 Å². The van der Waals surface area contributed by atoms with Crippen molar-refractivity contribution < 1.29 is 27.9 Å². The smallest absolute Gasteiger partial charge is 0.326 e. The van der Waals surface area contributed by atoms with E-state index in [0.717, 1.165) is 6.42 Å². The number of carbonyl (C=O) groups is 2. The summed E-state index contributed by atoms with van der Waals surface area (Å²) in [6, 6.07) is -0.138. The summed E-state index contributed by atoms with van der Waals surface area (Å²) in [4.78, 5) is 22.6. The van der Waals surface area contributed by atoms with Crippen LogP contribution in [0.5, 0.6) is 0 Å². The average Bonchev–Trinajstić information content (AvgIpc) is 2.40. The first-order valence-electron chi connectivity index (χ1n) is 6.50. The quantitative estimate of drug-likeness (QED) is 0.760. The molecule has 0 heterocycles. The summed E-state index contributed by atoms with van der Waals surface area (Å²) < 4.78 is 39.1. The molecule has 0 spiro atoms. The highest BCUT2D eigenvalue weighted by molar-refractivity contribution is 5.84. The molecule has 0 aliphatic heterocycles. The van der Waals surface area contributed by atoms with E-state index in [1.165, 1.54) is 0 Å². The zero-order valence-corrected chi connectivity index (χ0v) is 11.5. The van der Waals surface area contributed by atoms with Gasteiger partial charge in [-0.1, -0.05) is 19.8 Å². The first kappa shape index (κ1) is 17.0. The van der Waals surface area contributed by atoms with Crippen LogP contribution >= 0.6 is 0 Å². The van der Waals surface area contributed by atoms with Gasteiger partial charge in [-0.15, -0.1) is 0 Å². The van der Waals surface area contributed by atoms with Crippen LogP contribution < -0.4 is 5.32 Å². The van der Waals surface area contributed by atoms with Gasteiger partial charge < -0.3 is 10.4 Å². The second kappa shape index (κ2) is 7.66. The normalized spacial score (nSPS) is 12.0. The molecule has 1 unspecified atom stereocenters. The van der Waals surface area contributed by atoms with Gasteiger partial charge in [0.05, 0.1) is 6.42 Å². The molecule has 1 atom stereocenters. The fourth-order valence-electron chi connectivity index (χ4n) is 1.78. The lowest BCUT2D eigenvalue weighted by molar-refractivity contribution is -0.142. The van der Waals surface area contributed by atoms with E-state index in [1.54, 1.807) is 0 Å². The van der Waals surface area contributed by atoms with Crippen molar-refractivity contribution in [3.8, 4) is 0 Å². The van der Waals surface area contributed by atoms with Crippen LogP contribution in [0.2, 0.25) is 0 Å². The van der Waals surface area contributed by atoms with Crippen molar-refractivity contribution in [2.45, 2.75) is 38.6 Å². The van der Waals surface area contributed by atoms with Gasteiger partial charge in [0, 0.05) is 11.6 Å². The Morgan fingerprint density at radius 3 is 2.38 bits per heavy atom. The van der Waals surface area contributed by atoms with E-state index >= 15 is 0 Å². The van der Waals surface area contributed by atoms with Crippen molar-refractivity contribution in [2.24, 2.45) is 0 Å². The number of halogens is 3. The molecule has 0 saturated carbocycles. The van der Waals surface area contributed by atoms with E-state index < -0.39 is 41.8 Å². The molecule has 1 rings (SSSR count). The zero-order valence-electron chi connectivity index (χ0n) is 11.5. The van der Waals surface area contributed by atoms with Crippen molar-refractivity contribution in [3.63, 3.8) is 0 Å². The molecule has 0 fully saturated rings. The Balaban J connectivity index is 2.72. The molecule has 4 nitrogen and oxygen atoms in total. The van der Waals surface area contributed by atoms with Crippen molar-refractivity contribution in [3.05, 3.63) is 35.1 Å². The lowest BCUT2D eigenvalue weighted by Crippen LogP contribution is -2.41. The fraction of sp³-hybridized carbons (Fsp3) is 0.429. The number of carbonyl (C=O) groups excluding carboxylic acids is 1. The molecule has 1 amide bonds. The highest BCUT2D eigenvalue weighted by Crippen LogP contribution is 2.14. The van der Waals surface area contributed by atoms with Gasteiger partial charge in [-0.2, -0.15) is 0 Å². The van der Waals surface area contributed by atoms with Gasteiger partial charge in [-0.25, -0.2) is 18.0 Å². The molecular formula is C14H16F3NO3. The number of carboxylic acid groups (broad SMARTS) is 1. The summed E-state index contributed by atoms with van der Waals surface area (Å²) in [5, 5.41) is 11.2. The molecule has 2 N–H and O–H groups in total. The van der Waals surface area contributed by atoms with Gasteiger partial charge in [-0.3, -0.25) is 4.79 Å². The minimum Gasteiger partial charge on any atom is -0.480 e. The minimum atomic E-state index is -1.34. The largest absolute Gasteiger partial charge is 0.480 e. The van der Waals surface area contributed by atoms with Gasteiger partial charge in [0.15, 0.2) is 11.6 Å². The Bertz CT molecular complexity index is 534. The predicted molar refractivity (Wildman–Crippen MR) is 69.1 cm³/mol. The molecule has 1 aromatic rings. The highest BCUT2D eigenvalue weighted by atomic mass is 19.2. The zero-order chi connectivity index (χ0) is 16.0. The Kier molecular flexibility index (Phi) is 6.20. The Morgan fingerprint density at radius 2 is 1.81 bits per heavy atom. The number of unbranched alkanes of at least 4 members (excludes halogenated alkanes) is 1. The molecule has 0 aliphatic carbocycles. The maximum atomic E-state index is 13.4. The van der Waals surface area contributed by atoms with Crippen molar-refractivity contribution in [1.82, 2.24) is 5.32 Å². The van der Waals surface area contributed by atoms with Crippen molar-refractivity contribution >= 4 is 11.9 Å². The van der Waals surface area contributed by atoms with Gasteiger partial charge in [0.25, 0.3) is 0 Å². The SMILES string of the molecule is CCCCC(NC(=O)Cc1cc(F)c(F)cc1F)C(=O)O. The van der Waals surface area contributed by atoms with Crippen molar-refractivity contribution in [1.29, 1.82) is 0 Å². The number of nitrogens with one attached hydrogen (secondary N) is 1. The first-order chi connectivity index (χ1) is 9.85. The summed E-state index contributed by atoms with van der Waals surface area (Å²) in [7, 11) is 0. The molecule has 0 saturated heterocycles. The number of aliphatic carboxylic acids is 1. The fourth-order valence-corrected chi connectivity index (χ4v) is 1.78. The third kappa shape index (κ3) is 5.09. The summed E-state index contributed by atoms with van der Waals surface area (Å²) in [5.74, 6) is -5.61. The average molecular weight is 303 g/mol. The second-order valence-electron chi connectivity index (χ2n) is 4.64. The van der Waals surface area contributed by atoms with Crippen LogP contribution in [0.25, 0.3) is 0 Å². The monoisotopic (exact) mass is 303 g/mol. The molecule has 7 heteroatoms. The summed E-state index contributed by atoms with van der Waals surface area (Å²) in [6.07, 6.45) is 1.06. The highest BCUT2D eigenvalue weighted by Gasteiger charge is 2.20. The van der Waals surface area contributed by atoms with E-state index in [0.29, 0.717) is 18.6 Å². The molecule has 0 aliphatic rings. The second-order valence-corrected chi connectivity index (χ2v) is 4.64. The third-order valence-electron chi connectivity index (χ3n) is 2.92. The van der Waals surface area contributed by atoms with Crippen LogP contribution in [0, 0.1) is 17.5 Å². The molecular weight excluding hydrogens is 287 g/mol. The van der Waals surface area contributed by atoms with Crippen LogP contribution in [-0.2, 0) is 16.0 Å². The van der Waals surface area contributed by atoms with Gasteiger partial charge >= 0.3 is 5.97 Å². The van der Waals surface area contributed by atoms with E-state index in [2.05, 4.69) is 5.32 Å². The molecule has 1 aromatic carbocycles. The van der Waals surface area contributed by atoms with Crippen LogP contribution in [0.1, 0.15) is 31.7 Å². The molecule has 21 heavy (non-hydrogen) atoms. The van der Waals surface area contributed by atoms with Crippen LogP contribution in [-0.4, -0.2) is 23.0 Å². The van der Waals surface area contributed by atoms with Gasteiger partial charge in [-0.05, 0) is 12.5 Å². The summed E-state index contributed by atoms with van der Waals surface area (Å²) in [6.45, 7) is 1.87. The molecule has 0 radical (unpaired) electrons. The Labute approximate surface area is 120 Å². The van der Waals surface area contributed by atoms with Crippen LogP contribution in [0.15, 0.2) is 12.1 Å². The number of amides is 1. The third-order valence-corrected chi connectivity index (χ3v) is 2.92. The summed E-state index contributed by atoms with van der Waals surface area (Å²) >= 11 is 0.